The normalized spacial score (nSPS) is 19.3. The Morgan fingerprint density at radius 3 is 2.38 bits per heavy atom. The van der Waals surface area contributed by atoms with E-state index < -0.39 is 16.1 Å². The van der Waals surface area contributed by atoms with Crippen molar-refractivity contribution in [2.75, 3.05) is 23.4 Å². The van der Waals surface area contributed by atoms with E-state index in [1.807, 2.05) is 11.8 Å². The van der Waals surface area contributed by atoms with Crippen molar-refractivity contribution in [1.82, 2.24) is 10.0 Å². The molecule has 0 aromatic heterocycles. The van der Waals surface area contributed by atoms with E-state index in [9.17, 15) is 13.2 Å². The molecular formula is C21H29N3O3S2. The van der Waals surface area contributed by atoms with Gasteiger partial charge >= 0.3 is 6.03 Å². The summed E-state index contributed by atoms with van der Waals surface area (Å²) < 4.78 is 26.6. The molecule has 1 aromatic rings. The molecule has 0 bridgehead atoms. The minimum atomic E-state index is -3.82. The molecule has 2 amide bonds. The fraction of sp³-hybridized carbons (Fsp3) is 0.571. The molecule has 4 rings (SSSR count). The number of rotatable bonds is 6. The number of fused-ring (bicyclic) bond motifs is 2. The van der Waals surface area contributed by atoms with Crippen LogP contribution in [0.15, 0.2) is 17.6 Å². The predicted octanol–water partition coefficient (Wildman–Crippen LogP) is 3.11. The summed E-state index contributed by atoms with van der Waals surface area (Å²) in [5, 5.41) is 7.29. The van der Waals surface area contributed by atoms with E-state index >= 15 is 0 Å². The van der Waals surface area contributed by atoms with Gasteiger partial charge in [-0.2, -0.15) is 11.8 Å². The molecule has 1 saturated heterocycles. The fourth-order valence-electron chi connectivity index (χ4n) is 4.58. The maximum atomic E-state index is 12.5. The first kappa shape index (κ1) is 20.8. The van der Waals surface area contributed by atoms with Crippen LogP contribution in [0.3, 0.4) is 0 Å². The van der Waals surface area contributed by atoms with Crippen LogP contribution >= 0.6 is 11.8 Å². The summed E-state index contributed by atoms with van der Waals surface area (Å²) >= 11 is 1.96. The van der Waals surface area contributed by atoms with Crippen molar-refractivity contribution < 1.29 is 13.2 Å². The van der Waals surface area contributed by atoms with Gasteiger partial charge < -0.3 is 10.6 Å². The van der Waals surface area contributed by atoms with Crippen molar-refractivity contribution in [3.8, 4) is 0 Å². The van der Waals surface area contributed by atoms with E-state index in [0.29, 0.717) is 12.6 Å². The number of urea groups is 1. The van der Waals surface area contributed by atoms with Crippen LogP contribution in [-0.4, -0.2) is 38.5 Å². The van der Waals surface area contributed by atoms with E-state index in [4.69, 9.17) is 0 Å². The summed E-state index contributed by atoms with van der Waals surface area (Å²) in [7, 11) is -3.82. The van der Waals surface area contributed by atoms with Crippen LogP contribution in [0.2, 0.25) is 0 Å². The van der Waals surface area contributed by atoms with Crippen LogP contribution in [-0.2, 0) is 35.7 Å². The van der Waals surface area contributed by atoms with Crippen LogP contribution < -0.4 is 15.4 Å². The molecule has 0 saturated carbocycles. The molecule has 1 aromatic carbocycles. The number of nitrogens with one attached hydrogen (secondary N) is 3. The number of anilines is 1. The van der Waals surface area contributed by atoms with Gasteiger partial charge in [0.15, 0.2) is 0 Å². The molecule has 0 atom stereocenters. The van der Waals surface area contributed by atoms with Crippen molar-refractivity contribution in [3.63, 3.8) is 0 Å². The molecule has 0 unspecified atom stereocenters. The third-order valence-corrected chi connectivity index (χ3v) is 8.04. The number of sulfonamides is 1. The van der Waals surface area contributed by atoms with Gasteiger partial charge in [-0.15, -0.1) is 0 Å². The molecule has 0 radical (unpaired) electrons. The van der Waals surface area contributed by atoms with Crippen molar-refractivity contribution >= 4 is 33.5 Å². The molecule has 8 heteroatoms. The topological polar surface area (TPSA) is 87.3 Å². The molecule has 1 fully saturated rings. The van der Waals surface area contributed by atoms with Gasteiger partial charge in [0.1, 0.15) is 0 Å². The van der Waals surface area contributed by atoms with E-state index in [-0.39, 0.29) is 0 Å². The Labute approximate surface area is 177 Å². The van der Waals surface area contributed by atoms with Crippen molar-refractivity contribution in [2.24, 2.45) is 0 Å². The molecule has 6 nitrogen and oxygen atoms in total. The first-order chi connectivity index (χ1) is 14.0. The molecule has 3 aliphatic rings. The Morgan fingerprint density at radius 1 is 1.07 bits per heavy atom. The second kappa shape index (κ2) is 9.10. The largest absolute Gasteiger partial charge is 0.333 e. The summed E-state index contributed by atoms with van der Waals surface area (Å²) in [6, 6.07) is 2.05. The third kappa shape index (κ3) is 5.16. The Kier molecular flexibility index (Phi) is 6.51. The minimum Gasteiger partial charge on any atom is -0.310 e. The molecule has 0 spiro atoms. The van der Waals surface area contributed by atoms with E-state index in [0.717, 1.165) is 74.0 Å². The molecule has 1 heterocycles. The zero-order valence-electron chi connectivity index (χ0n) is 16.6. The lowest BCUT2D eigenvalue weighted by Crippen LogP contribution is -2.34. The zero-order chi connectivity index (χ0) is 20.3. The van der Waals surface area contributed by atoms with Gasteiger partial charge in [-0.05, 0) is 85.1 Å². The van der Waals surface area contributed by atoms with Gasteiger partial charge in [0.05, 0.1) is 0 Å². The Morgan fingerprint density at radius 2 is 1.72 bits per heavy atom. The quantitative estimate of drug-likeness (QED) is 0.639. The lowest BCUT2D eigenvalue weighted by atomic mass is 9.99. The van der Waals surface area contributed by atoms with Crippen LogP contribution in [0.5, 0.6) is 0 Å². The summed E-state index contributed by atoms with van der Waals surface area (Å²) in [5.74, 6) is 2.29. The van der Waals surface area contributed by atoms with E-state index in [1.165, 1.54) is 22.3 Å². The molecular weight excluding hydrogens is 406 g/mol. The first-order valence-electron chi connectivity index (χ1n) is 10.5. The van der Waals surface area contributed by atoms with Gasteiger partial charge in [0.25, 0.3) is 10.0 Å². The Bertz CT molecular complexity index is 874. The Balaban J connectivity index is 1.35. The molecule has 29 heavy (non-hydrogen) atoms. The van der Waals surface area contributed by atoms with Gasteiger partial charge in [0, 0.05) is 23.7 Å². The highest BCUT2D eigenvalue weighted by molar-refractivity contribution is 7.99. The average Bonchev–Trinajstić information content (AvgIpc) is 3.34. The van der Waals surface area contributed by atoms with Crippen LogP contribution in [0, 0.1) is 0 Å². The number of benzene rings is 1. The highest BCUT2D eigenvalue weighted by atomic mass is 32.2. The standard InChI is InChI=1S/C21H29N3O3S2/c25-21(24-29(26,27)13-3-10-22-17-8-11-28-12-9-17)23-20-18-6-1-4-15(18)14-16-5-2-7-19(16)20/h3,13-14,17,22H,1-2,4-12H2,(H2,23,24,25)/b13-3+. The third-order valence-electron chi connectivity index (χ3n) is 5.97. The van der Waals surface area contributed by atoms with Gasteiger partial charge in [-0.3, -0.25) is 0 Å². The van der Waals surface area contributed by atoms with Crippen molar-refractivity contribution in [2.45, 2.75) is 57.4 Å². The summed E-state index contributed by atoms with van der Waals surface area (Å²) in [6.07, 6.45) is 9.90. The smallest absolute Gasteiger partial charge is 0.310 e. The van der Waals surface area contributed by atoms with E-state index in [2.05, 4.69) is 21.4 Å². The number of hydrogen-bond donors (Lipinski definition) is 3. The fourth-order valence-corrected chi connectivity index (χ4v) is 6.41. The van der Waals surface area contributed by atoms with Gasteiger partial charge in [0.2, 0.25) is 0 Å². The first-order valence-corrected chi connectivity index (χ1v) is 13.2. The second-order valence-electron chi connectivity index (χ2n) is 8.00. The number of hydrogen-bond acceptors (Lipinski definition) is 5. The van der Waals surface area contributed by atoms with Crippen LogP contribution in [0.4, 0.5) is 10.5 Å². The van der Waals surface area contributed by atoms with Crippen molar-refractivity contribution in [3.05, 3.63) is 39.8 Å². The Hall–Kier alpha value is -1.51. The molecule has 158 valence electrons. The van der Waals surface area contributed by atoms with Crippen LogP contribution in [0.25, 0.3) is 0 Å². The van der Waals surface area contributed by atoms with Crippen molar-refractivity contribution in [1.29, 1.82) is 0 Å². The van der Waals surface area contributed by atoms with Crippen LogP contribution in [0.1, 0.15) is 47.9 Å². The maximum absolute atomic E-state index is 12.5. The molecule has 2 aliphatic carbocycles. The summed E-state index contributed by atoms with van der Waals surface area (Å²) in [5.41, 5.74) is 5.82. The van der Waals surface area contributed by atoms with Gasteiger partial charge in [-0.1, -0.05) is 12.1 Å². The molecule has 1 aliphatic heterocycles. The second-order valence-corrected chi connectivity index (χ2v) is 10.8. The van der Waals surface area contributed by atoms with E-state index in [1.54, 1.807) is 6.08 Å². The lowest BCUT2D eigenvalue weighted by molar-refractivity contribution is 0.256. The number of carbonyl (C=O) groups is 1. The SMILES string of the molecule is O=C(Nc1c2c(cc3c1CCC3)CCC2)NS(=O)(=O)/C=C/CNC1CCSCC1. The summed E-state index contributed by atoms with van der Waals surface area (Å²) in [4.78, 5) is 12.5. The minimum absolute atomic E-state index is 0.446. The average molecular weight is 436 g/mol. The lowest BCUT2D eigenvalue weighted by Gasteiger charge is -2.21. The zero-order valence-corrected chi connectivity index (χ0v) is 18.3. The maximum Gasteiger partial charge on any atom is 0.333 e. The highest BCUT2D eigenvalue weighted by Gasteiger charge is 2.25. The number of thioether (sulfide) groups is 1. The number of aryl methyl sites for hydroxylation is 2. The highest BCUT2D eigenvalue weighted by Crippen LogP contribution is 2.38. The number of amides is 2. The predicted molar refractivity (Wildman–Crippen MR) is 119 cm³/mol. The molecule has 3 N–H and O–H groups in total. The monoisotopic (exact) mass is 435 g/mol. The summed E-state index contributed by atoms with van der Waals surface area (Å²) in [6.45, 7) is 0.484. The number of carbonyl (C=O) groups excluding carboxylic acids is 1. The van der Waals surface area contributed by atoms with Gasteiger partial charge in [-0.25, -0.2) is 17.9 Å².